The summed E-state index contributed by atoms with van der Waals surface area (Å²) in [7, 11) is 0. The first-order valence-electron chi connectivity index (χ1n) is 6.37. The Hall–Kier alpha value is -1.94. The second kappa shape index (κ2) is 6.85. The molecule has 0 saturated heterocycles. The van der Waals surface area contributed by atoms with Crippen LogP contribution in [0.5, 0.6) is 11.6 Å². The van der Waals surface area contributed by atoms with Gasteiger partial charge in [0.15, 0.2) is 0 Å². The largest absolute Gasteiger partial charge is 0.439 e. The molecule has 0 atom stereocenters. The summed E-state index contributed by atoms with van der Waals surface area (Å²) < 4.78 is 18.5. The molecule has 1 aromatic carbocycles. The summed E-state index contributed by atoms with van der Waals surface area (Å²) in [5, 5.41) is 3.30. The molecule has 3 nitrogen and oxygen atoms in total. The van der Waals surface area contributed by atoms with E-state index in [2.05, 4.69) is 17.2 Å². The van der Waals surface area contributed by atoms with E-state index < -0.39 is 0 Å². The third-order valence-electron chi connectivity index (χ3n) is 2.57. The van der Waals surface area contributed by atoms with Crippen molar-refractivity contribution in [3.05, 3.63) is 54.0 Å². The lowest BCUT2D eigenvalue weighted by molar-refractivity contribution is 0.457. The second-order valence-electron chi connectivity index (χ2n) is 4.24. The molecular weight excluding hydrogens is 243 g/mol. The van der Waals surface area contributed by atoms with E-state index >= 15 is 0 Å². The van der Waals surface area contributed by atoms with Crippen LogP contribution in [0.15, 0.2) is 42.6 Å². The molecular formula is C15H17FN2O. The Morgan fingerprint density at radius 3 is 2.84 bits per heavy atom. The van der Waals surface area contributed by atoms with Crippen molar-refractivity contribution in [3.8, 4) is 11.6 Å². The Labute approximate surface area is 112 Å². The fourth-order valence-corrected chi connectivity index (χ4v) is 1.64. The fraction of sp³-hybridized carbons (Fsp3) is 0.267. The lowest BCUT2D eigenvalue weighted by Crippen LogP contribution is -2.13. The Kier molecular flexibility index (Phi) is 4.86. The molecule has 4 heteroatoms. The van der Waals surface area contributed by atoms with Crippen LogP contribution in [-0.4, -0.2) is 11.5 Å². The molecule has 0 aliphatic heterocycles. The van der Waals surface area contributed by atoms with Crippen molar-refractivity contribution in [2.75, 3.05) is 6.54 Å². The van der Waals surface area contributed by atoms with E-state index in [4.69, 9.17) is 4.74 Å². The molecule has 0 bridgehead atoms. The topological polar surface area (TPSA) is 34.1 Å². The van der Waals surface area contributed by atoms with E-state index in [0.717, 1.165) is 25.1 Å². The first-order chi connectivity index (χ1) is 9.28. The molecule has 2 aromatic rings. The quantitative estimate of drug-likeness (QED) is 0.807. The molecule has 0 aliphatic carbocycles. The first kappa shape index (κ1) is 13.5. The van der Waals surface area contributed by atoms with E-state index in [9.17, 15) is 4.39 Å². The van der Waals surface area contributed by atoms with Crippen LogP contribution in [0.3, 0.4) is 0 Å². The summed E-state index contributed by atoms with van der Waals surface area (Å²) in [5.74, 6) is 0.590. The van der Waals surface area contributed by atoms with Crippen molar-refractivity contribution < 1.29 is 9.13 Å². The molecule has 19 heavy (non-hydrogen) atoms. The zero-order chi connectivity index (χ0) is 13.5. The van der Waals surface area contributed by atoms with Crippen LogP contribution in [0.4, 0.5) is 4.39 Å². The van der Waals surface area contributed by atoms with E-state index in [1.54, 1.807) is 24.4 Å². The van der Waals surface area contributed by atoms with Gasteiger partial charge in [0, 0.05) is 24.9 Å². The smallest absolute Gasteiger partial charge is 0.219 e. The van der Waals surface area contributed by atoms with Crippen molar-refractivity contribution in [1.82, 2.24) is 10.3 Å². The molecule has 0 aliphatic rings. The number of nitrogens with one attached hydrogen (secondary N) is 1. The van der Waals surface area contributed by atoms with Gasteiger partial charge in [0.2, 0.25) is 5.88 Å². The molecule has 1 aromatic heterocycles. The fourth-order valence-electron chi connectivity index (χ4n) is 1.64. The van der Waals surface area contributed by atoms with Crippen molar-refractivity contribution >= 4 is 0 Å². The summed E-state index contributed by atoms with van der Waals surface area (Å²) in [4.78, 5) is 4.20. The maximum absolute atomic E-state index is 13.0. The molecule has 0 radical (unpaired) electrons. The summed E-state index contributed by atoms with van der Waals surface area (Å²) in [6.07, 6.45) is 2.87. The number of halogens is 1. The van der Waals surface area contributed by atoms with Crippen molar-refractivity contribution in [3.63, 3.8) is 0 Å². The number of hydrogen-bond acceptors (Lipinski definition) is 3. The maximum Gasteiger partial charge on any atom is 0.219 e. The number of ether oxygens (including phenoxy) is 1. The minimum absolute atomic E-state index is 0.321. The van der Waals surface area contributed by atoms with Crippen molar-refractivity contribution in [2.24, 2.45) is 0 Å². The molecule has 2 rings (SSSR count). The summed E-state index contributed by atoms with van der Waals surface area (Å²) in [5.41, 5.74) is 1.10. The Morgan fingerprint density at radius 2 is 2.16 bits per heavy atom. The van der Waals surface area contributed by atoms with Crippen molar-refractivity contribution in [2.45, 2.75) is 19.9 Å². The predicted octanol–water partition coefficient (Wildman–Crippen LogP) is 3.51. The first-order valence-corrected chi connectivity index (χ1v) is 6.37. The molecule has 1 N–H and O–H groups in total. The van der Waals surface area contributed by atoms with Gasteiger partial charge in [0.05, 0.1) is 0 Å². The average molecular weight is 260 g/mol. The second-order valence-corrected chi connectivity index (χ2v) is 4.24. The number of nitrogens with zero attached hydrogens (tertiary/aromatic N) is 1. The normalized spacial score (nSPS) is 10.4. The Balaban J connectivity index is 1.95. The van der Waals surface area contributed by atoms with Gasteiger partial charge in [-0.3, -0.25) is 0 Å². The molecule has 0 fully saturated rings. The minimum Gasteiger partial charge on any atom is -0.439 e. The van der Waals surface area contributed by atoms with Gasteiger partial charge in [-0.05, 0) is 30.7 Å². The highest BCUT2D eigenvalue weighted by molar-refractivity contribution is 5.28. The number of hydrogen-bond donors (Lipinski definition) is 1. The lowest BCUT2D eigenvalue weighted by atomic mass is 10.3. The van der Waals surface area contributed by atoms with Gasteiger partial charge in [-0.1, -0.05) is 19.1 Å². The van der Waals surface area contributed by atoms with Crippen LogP contribution >= 0.6 is 0 Å². The van der Waals surface area contributed by atoms with Crippen LogP contribution in [0.25, 0.3) is 0 Å². The van der Waals surface area contributed by atoms with E-state index in [1.807, 2.05) is 6.07 Å². The van der Waals surface area contributed by atoms with Gasteiger partial charge in [-0.2, -0.15) is 0 Å². The van der Waals surface area contributed by atoms with Crippen LogP contribution in [0, 0.1) is 5.82 Å². The Bertz CT molecular complexity index is 514. The predicted molar refractivity (Wildman–Crippen MR) is 72.7 cm³/mol. The molecule has 0 saturated carbocycles. The highest BCUT2D eigenvalue weighted by Crippen LogP contribution is 2.19. The number of benzene rings is 1. The van der Waals surface area contributed by atoms with Gasteiger partial charge >= 0.3 is 0 Å². The number of pyridine rings is 1. The SMILES string of the molecule is CCCNCc1ccc(Oc2cccc(F)c2)nc1. The molecule has 1 heterocycles. The van der Waals surface area contributed by atoms with Gasteiger partial charge in [0.1, 0.15) is 11.6 Å². The summed E-state index contributed by atoms with van der Waals surface area (Å²) >= 11 is 0. The highest BCUT2D eigenvalue weighted by atomic mass is 19.1. The van der Waals surface area contributed by atoms with E-state index in [1.165, 1.54) is 12.1 Å². The monoisotopic (exact) mass is 260 g/mol. The van der Waals surface area contributed by atoms with E-state index in [-0.39, 0.29) is 5.82 Å². The molecule has 0 spiro atoms. The van der Waals surface area contributed by atoms with Gasteiger partial charge in [-0.15, -0.1) is 0 Å². The van der Waals surface area contributed by atoms with Crippen LogP contribution in [0.1, 0.15) is 18.9 Å². The lowest BCUT2D eigenvalue weighted by Gasteiger charge is -2.06. The van der Waals surface area contributed by atoms with Gasteiger partial charge in [-0.25, -0.2) is 9.37 Å². The molecule has 0 amide bonds. The standard InChI is InChI=1S/C15H17FN2O/c1-2-8-17-10-12-6-7-15(18-11-12)19-14-5-3-4-13(16)9-14/h3-7,9,11,17H,2,8,10H2,1H3. The zero-order valence-corrected chi connectivity index (χ0v) is 10.9. The van der Waals surface area contributed by atoms with Crippen LogP contribution in [0.2, 0.25) is 0 Å². The minimum atomic E-state index is -0.321. The number of rotatable bonds is 6. The maximum atomic E-state index is 13.0. The average Bonchev–Trinajstić information content (AvgIpc) is 2.41. The van der Waals surface area contributed by atoms with Crippen LogP contribution in [-0.2, 0) is 6.54 Å². The molecule has 0 unspecified atom stereocenters. The third-order valence-corrected chi connectivity index (χ3v) is 2.57. The Morgan fingerprint density at radius 1 is 1.26 bits per heavy atom. The number of aromatic nitrogens is 1. The highest BCUT2D eigenvalue weighted by Gasteiger charge is 2.00. The van der Waals surface area contributed by atoms with Gasteiger partial charge in [0.25, 0.3) is 0 Å². The van der Waals surface area contributed by atoms with Gasteiger partial charge < -0.3 is 10.1 Å². The summed E-state index contributed by atoms with van der Waals surface area (Å²) in [6, 6.07) is 9.74. The zero-order valence-electron chi connectivity index (χ0n) is 10.9. The molecule has 100 valence electrons. The third kappa shape index (κ3) is 4.34. The summed E-state index contributed by atoms with van der Waals surface area (Å²) in [6.45, 7) is 3.91. The van der Waals surface area contributed by atoms with Crippen LogP contribution < -0.4 is 10.1 Å². The van der Waals surface area contributed by atoms with E-state index in [0.29, 0.717) is 11.6 Å². The van der Waals surface area contributed by atoms with Crippen molar-refractivity contribution in [1.29, 1.82) is 0 Å².